The molecule has 0 bridgehead atoms. The zero-order chi connectivity index (χ0) is 23.9. The highest BCUT2D eigenvalue weighted by molar-refractivity contribution is 7.88. The van der Waals surface area contributed by atoms with E-state index in [1.54, 1.807) is 26.2 Å². The van der Waals surface area contributed by atoms with Crippen LogP contribution in [0.1, 0.15) is 18.1 Å². The molecule has 10 heteroatoms. The van der Waals surface area contributed by atoms with Crippen molar-refractivity contribution in [3.05, 3.63) is 65.5 Å². The van der Waals surface area contributed by atoms with Crippen LogP contribution in [-0.4, -0.2) is 62.4 Å². The van der Waals surface area contributed by atoms with Crippen molar-refractivity contribution in [3.63, 3.8) is 0 Å². The Balaban J connectivity index is 2.14. The molecule has 0 fully saturated rings. The number of likely N-dealkylation sites (N-methyl/N-ethyl adjacent to an activating group) is 1. The first-order valence-electron chi connectivity index (χ1n) is 9.87. The standard InChI is InChI=1S/C22H28FN3O5S/c1-16(22(28)24-13-17-7-11-20(31-3)12-8-17)26(14-18-5-9-19(23)10-6-18)21(27)15-25(2)32(4,29)30/h5-12,16H,13-15H2,1-4H3,(H,24,28). The maximum atomic E-state index is 13.3. The third-order valence-corrected chi connectivity index (χ3v) is 6.24. The minimum Gasteiger partial charge on any atom is -0.497 e. The fraction of sp³-hybridized carbons (Fsp3) is 0.364. The van der Waals surface area contributed by atoms with E-state index in [4.69, 9.17) is 4.74 Å². The van der Waals surface area contributed by atoms with Crippen LogP contribution in [0.4, 0.5) is 4.39 Å². The van der Waals surface area contributed by atoms with Crippen molar-refractivity contribution in [3.8, 4) is 5.75 Å². The summed E-state index contributed by atoms with van der Waals surface area (Å²) in [5.41, 5.74) is 1.45. The fourth-order valence-electron chi connectivity index (χ4n) is 2.85. The molecule has 0 heterocycles. The summed E-state index contributed by atoms with van der Waals surface area (Å²) in [6, 6.07) is 11.8. The first-order chi connectivity index (χ1) is 15.0. The number of carbonyl (C=O) groups is 2. The molecule has 2 aromatic carbocycles. The summed E-state index contributed by atoms with van der Waals surface area (Å²) in [7, 11) is -0.731. The molecule has 0 spiro atoms. The lowest BCUT2D eigenvalue weighted by Gasteiger charge is -2.30. The summed E-state index contributed by atoms with van der Waals surface area (Å²) in [6.07, 6.45) is 0.996. The molecule has 2 amide bonds. The molecule has 2 aromatic rings. The molecule has 0 radical (unpaired) electrons. The van der Waals surface area contributed by atoms with E-state index in [-0.39, 0.29) is 13.1 Å². The summed E-state index contributed by atoms with van der Waals surface area (Å²) < 4.78 is 42.7. The Morgan fingerprint density at radius 3 is 2.16 bits per heavy atom. The topological polar surface area (TPSA) is 96.0 Å². The third-order valence-electron chi connectivity index (χ3n) is 4.98. The number of rotatable bonds is 10. The molecular weight excluding hydrogens is 437 g/mol. The average molecular weight is 466 g/mol. The fourth-order valence-corrected chi connectivity index (χ4v) is 3.19. The maximum Gasteiger partial charge on any atom is 0.242 e. The summed E-state index contributed by atoms with van der Waals surface area (Å²) in [4.78, 5) is 27.0. The molecule has 0 aliphatic carbocycles. The van der Waals surface area contributed by atoms with Crippen molar-refractivity contribution in [1.82, 2.24) is 14.5 Å². The van der Waals surface area contributed by atoms with Gasteiger partial charge in [-0.2, -0.15) is 4.31 Å². The zero-order valence-corrected chi connectivity index (χ0v) is 19.4. The molecule has 0 aliphatic heterocycles. The molecule has 0 saturated carbocycles. The number of amides is 2. The van der Waals surface area contributed by atoms with Gasteiger partial charge in [-0.05, 0) is 42.3 Å². The highest BCUT2D eigenvalue weighted by Gasteiger charge is 2.28. The van der Waals surface area contributed by atoms with Gasteiger partial charge in [0.15, 0.2) is 0 Å². The normalized spacial score (nSPS) is 12.3. The minimum atomic E-state index is -3.58. The second kappa shape index (κ2) is 11.1. The van der Waals surface area contributed by atoms with Crippen molar-refractivity contribution in [2.24, 2.45) is 0 Å². The Bertz CT molecular complexity index is 1030. The highest BCUT2D eigenvalue weighted by atomic mass is 32.2. The van der Waals surface area contributed by atoms with Crippen LogP contribution in [-0.2, 0) is 32.7 Å². The lowest BCUT2D eigenvalue weighted by molar-refractivity contribution is -0.140. The molecule has 1 N–H and O–H groups in total. The number of ether oxygens (including phenoxy) is 1. The molecule has 1 atom stereocenters. The van der Waals surface area contributed by atoms with Crippen molar-refractivity contribution in [1.29, 1.82) is 0 Å². The predicted molar refractivity (Wildman–Crippen MR) is 119 cm³/mol. The van der Waals surface area contributed by atoms with Gasteiger partial charge in [0.25, 0.3) is 0 Å². The number of carbonyl (C=O) groups excluding carboxylic acids is 2. The minimum absolute atomic E-state index is 0.0217. The lowest BCUT2D eigenvalue weighted by Crippen LogP contribution is -2.50. The van der Waals surface area contributed by atoms with Crippen LogP contribution >= 0.6 is 0 Å². The van der Waals surface area contributed by atoms with Crippen LogP contribution in [0.3, 0.4) is 0 Å². The Kier molecular flexibility index (Phi) is 8.73. The zero-order valence-electron chi connectivity index (χ0n) is 18.5. The molecular formula is C22H28FN3O5S. The summed E-state index contributed by atoms with van der Waals surface area (Å²) in [5, 5.41) is 2.78. The second-order valence-corrected chi connectivity index (χ2v) is 9.50. The van der Waals surface area contributed by atoms with Crippen molar-refractivity contribution in [2.45, 2.75) is 26.1 Å². The second-order valence-electron chi connectivity index (χ2n) is 7.41. The SMILES string of the molecule is COc1ccc(CNC(=O)C(C)N(Cc2ccc(F)cc2)C(=O)CN(C)S(C)(=O)=O)cc1. The van der Waals surface area contributed by atoms with E-state index in [0.717, 1.165) is 16.1 Å². The van der Waals surface area contributed by atoms with E-state index in [9.17, 15) is 22.4 Å². The largest absolute Gasteiger partial charge is 0.497 e. The molecule has 0 saturated heterocycles. The van der Waals surface area contributed by atoms with Gasteiger partial charge in [-0.25, -0.2) is 12.8 Å². The Labute approximate surface area is 188 Å². The quantitative estimate of drug-likeness (QED) is 0.577. The number of methoxy groups -OCH3 is 1. The van der Waals surface area contributed by atoms with Crippen molar-refractivity contribution >= 4 is 21.8 Å². The number of nitrogens with zero attached hydrogens (tertiary/aromatic N) is 2. The van der Waals surface area contributed by atoms with Gasteiger partial charge in [0.1, 0.15) is 17.6 Å². The highest BCUT2D eigenvalue weighted by Crippen LogP contribution is 2.13. The smallest absolute Gasteiger partial charge is 0.242 e. The van der Waals surface area contributed by atoms with Crippen LogP contribution in [0.2, 0.25) is 0 Å². The molecule has 174 valence electrons. The third kappa shape index (κ3) is 7.31. The van der Waals surface area contributed by atoms with Gasteiger partial charge in [-0.1, -0.05) is 24.3 Å². The lowest BCUT2D eigenvalue weighted by atomic mass is 10.1. The van der Waals surface area contributed by atoms with Gasteiger partial charge in [0.05, 0.1) is 19.9 Å². The predicted octanol–water partition coefficient (Wildman–Crippen LogP) is 1.76. The van der Waals surface area contributed by atoms with Crippen LogP contribution in [0.15, 0.2) is 48.5 Å². The molecule has 0 aromatic heterocycles. The number of benzene rings is 2. The molecule has 8 nitrogen and oxygen atoms in total. The van der Waals surface area contributed by atoms with Gasteiger partial charge in [-0.15, -0.1) is 0 Å². The average Bonchev–Trinajstić information content (AvgIpc) is 2.76. The first kappa shape index (κ1) is 25.3. The van der Waals surface area contributed by atoms with Crippen LogP contribution in [0, 0.1) is 5.82 Å². The van der Waals surface area contributed by atoms with E-state index >= 15 is 0 Å². The Morgan fingerprint density at radius 1 is 1.06 bits per heavy atom. The number of hydrogen-bond donors (Lipinski definition) is 1. The van der Waals surface area contributed by atoms with Crippen molar-refractivity contribution < 1.29 is 27.1 Å². The molecule has 0 aliphatic rings. The monoisotopic (exact) mass is 465 g/mol. The molecule has 32 heavy (non-hydrogen) atoms. The first-order valence-corrected chi connectivity index (χ1v) is 11.7. The van der Waals surface area contributed by atoms with Crippen LogP contribution in [0.25, 0.3) is 0 Å². The summed E-state index contributed by atoms with van der Waals surface area (Å²) >= 11 is 0. The van der Waals surface area contributed by atoms with E-state index in [1.165, 1.54) is 36.2 Å². The number of sulfonamides is 1. The van der Waals surface area contributed by atoms with Gasteiger partial charge in [0, 0.05) is 20.1 Å². The van der Waals surface area contributed by atoms with Crippen LogP contribution in [0.5, 0.6) is 5.75 Å². The van der Waals surface area contributed by atoms with Gasteiger partial charge >= 0.3 is 0 Å². The Hall–Kier alpha value is -2.98. The van der Waals surface area contributed by atoms with E-state index in [0.29, 0.717) is 11.3 Å². The van der Waals surface area contributed by atoms with Crippen LogP contribution < -0.4 is 10.1 Å². The summed E-state index contributed by atoms with van der Waals surface area (Å²) in [5.74, 6) is -0.680. The number of halogens is 1. The Morgan fingerprint density at radius 2 is 1.62 bits per heavy atom. The van der Waals surface area contributed by atoms with Gasteiger partial charge in [0.2, 0.25) is 21.8 Å². The maximum absolute atomic E-state index is 13.3. The van der Waals surface area contributed by atoms with E-state index in [2.05, 4.69) is 5.32 Å². The van der Waals surface area contributed by atoms with Crippen molar-refractivity contribution in [2.75, 3.05) is 27.0 Å². The number of hydrogen-bond acceptors (Lipinski definition) is 5. The van der Waals surface area contributed by atoms with E-state index < -0.39 is 40.2 Å². The molecule has 2 rings (SSSR count). The van der Waals surface area contributed by atoms with Gasteiger partial charge in [-0.3, -0.25) is 9.59 Å². The number of nitrogens with one attached hydrogen (secondary N) is 1. The summed E-state index contributed by atoms with van der Waals surface area (Å²) in [6.45, 7) is 1.41. The molecule has 1 unspecified atom stereocenters. The van der Waals surface area contributed by atoms with Gasteiger partial charge < -0.3 is 15.0 Å². The van der Waals surface area contributed by atoms with E-state index in [1.807, 2.05) is 12.1 Å².